The lowest BCUT2D eigenvalue weighted by Crippen LogP contribution is -2.17. The van der Waals surface area contributed by atoms with E-state index in [0.717, 1.165) is 11.9 Å². The Balaban J connectivity index is 0.000000181. The number of nitrogens with zero attached hydrogens (tertiary/aromatic N) is 1. The lowest BCUT2D eigenvalue weighted by atomic mass is 10.1. The van der Waals surface area contributed by atoms with E-state index in [-0.39, 0.29) is 23.7 Å². The number of aryl methyl sites for hydroxylation is 1. The van der Waals surface area contributed by atoms with Gasteiger partial charge in [-0.25, -0.2) is 0 Å². The second-order valence-corrected chi connectivity index (χ2v) is 5.51. The number of pyridine rings is 1. The zero-order chi connectivity index (χ0) is 16.2. The second kappa shape index (κ2) is 7.88. The van der Waals surface area contributed by atoms with Gasteiger partial charge in [-0.3, -0.25) is 4.79 Å². The van der Waals surface area contributed by atoms with Crippen molar-refractivity contribution in [3.8, 4) is 5.75 Å². The monoisotopic (exact) mass is 344 g/mol. The molecule has 0 saturated carbocycles. The molecule has 3 aromatic rings. The van der Waals surface area contributed by atoms with Crippen LogP contribution in [-0.4, -0.2) is 16.2 Å². The van der Waals surface area contributed by atoms with E-state index in [1.807, 2.05) is 13.0 Å². The molecule has 4 nitrogen and oxygen atoms in total. The maximum Gasteiger partial charge on any atom is 0.251 e. The minimum atomic E-state index is -0.0819. The molecule has 1 aliphatic rings. The smallest absolute Gasteiger partial charge is 0.251 e. The Bertz CT molecular complexity index is 871. The van der Waals surface area contributed by atoms with Gasteiger partial charge in [0.15, 0.2) is 0 Å². The molecule has 2 heterocycles. The summed E-state index contributed by atoms with van der Waals surface area (Å²) < 4.78 is 1.56. The van der Waals surface area contributed by atoms with Crippen molar-refractivity contribution < 1.29 is 5.11 Å². The molecule has 0 unspecified atom stereocenters. The zero-order valence-electron chi connectivity index (χ0n) is 13.5. The van der Waals surface area contributed by atoms with Crippen molar-refractivity contribution in [2.45, 2.75) is 19.9 Å². The highest BCUT2D eigenvalue weighted by molar-refractivity contribution is 5.85. The van der Waals surface area contributed by atoms with Crippen molar-refractivity contribution >= 4 is 29.0 Å². The summed E-state index contributed by atoms with van der Waals surface area (Å²) in [7, 11) is 0. The fourth-order valence-electron chi connectivity index (χ4n) is 2.84. The minimum absolute atomic E-state index is 0. The number of phenols is 1. The third-order valence-electron chi connectivity index (χ3n) is 3.97. The third-order valence-corrected chi connectivity index (χ3v) is 3.97. The number of rotatable bonds is 1. The zero-order valence-corrected chi connectivity index (χ0v) is 14.3. The number of aromatic nitrogens is 1. The minimum Gasteiger partial charge on any atom is -0.506 e. The quantitative estimate of drug-likeness (QED) is 0.706. The Hall–Kier alpha value is -2.46. The van der Waals surface area contributed by atoms with Gasteiger partial charge < -0.3 is 15.0 Å². The summed E-state index contributed by atoms with van der Waals surface area (Å²) in [6.07, 6.45) is 1.17. The van der Waals surface area contributed by atoms with Gasteiger partial charge in [0, 0.05) is 30.2 Å². The SMILES string of the molecule is CCn1c(=O)ccc2cccc(O)c21.Cl.c1cc2cc(c1)NCC2. The highest BCUT2D eigenvalue weighted by Gasteiger charge is 2.04. The van der Waals surface area contributed by atoms with E-state index in [4.69, 9.17) is 0 Å². The van der Waals surface area contributed by atoms with Crippen LogP contribution in [0.3, 0.4) is 0 Å². The molecule has 126 valence electrons. The van der Waals surface area contributed by atoms with Gasteiger partial charge in [-0.2, -0.15) is 0 Å². The van der Waals surface area contributed by atoms with E-state index in [0.29, 0.717) is 12.1 Å². The number of hydrogen-bond acceptors (Lipinski definition) is 3. The van der Waals surface area contributed by atoms with Crippen LogP contribution in [0.4, 0.5) is 5.69 Å². The molecule has 0 aliphatic carbocycles. The molecule has 0 atom stereocenters. The van der Waals surface area contributed by atoms with Crippen molar-refractivity contribution in [2.24, 2.45) is 0 Å². The molecular formula is C19H21ClN2O2. The molecule has 1 aromatic heterocycles. The molecule has 4 rings (SSSR count). The third kappa shape index (κ3) is 3.71. The normalized spacial score (nSPS) is 11.7. The number of anilines is 1. The van der Waals surface area contributed by atoms with E-state index >= 15 is 0 Å². The lowest BCUT2D eigenvalue weighted by Gasteiger charge is -2.13. The summed E-state index contributed by atoms with van der Waals surface area (Å²) in [6.45, 7) is 3.54. The summed E-state index contributed by atoms with van der Waals surface area (Å²) >= 11 is 0. The summed E-state index contributed by atoms with van der Waals surface area (Å²) in [5, 5.41) is 13.8. The molecule has 0 saturated heterocycles. The Kier molecular flexibility index (Phi) is 5.88. The van der Waals surface area contributed by atoms with E-state index in [9.17, 15) is 9.90 Å². The van der Waals surface area contributed by atoms with Crippen molar-refractivity contribution in [1.29, 1.82) is 0 Å². The number of fused-ring (bicyclic) bond motifs is 3. The molecular weight excluding hydrogens is 324 g/mol. The first kappa shape index (κ1) is 17.9. The molecule has 2 aromatic carbocycles. The molecule has 5 heteroatoms. The molecule has 0 spiro atoms. The van der Waals surface area contributed by atoms with Crippen molar-refractivity contribution in [1.82, 2.24) is 4.57 Å². The topological polar surface area (TPSA) is 54.3 Å². The van der Waals surface area contributed by atoms with Gasteiger partial charge in [-0.1, -0.05) is 24.3 Å². The van der Waals surface area contributed by atoms with Crippen LogP contribution in [-0.2, 0) is 13.0 Å². The Morgan fingerprint density at radius 3 is 2.62 bits per heavy atom. The van der Waals surface area contributed by atoms with Gasteiger partial charge in [0.1, 0.15) is 5.75 Å². The molecule has 0 fully saturated rings. The highest BCUT2D eigenvalue weighted by atomic mass is 35.5. The number of benzene rings is 2. The predicted octanol–water partition coefficient (Wildman–Crippen LogP) is 3.80. The summed E-state index contributed by atoms with van der Waals surface area (Å²) in [5.41, 5.74) is 3.24. The first-order valence-electron chi connectivity index (χ1n) is 7.83. The number of phenolic OH excluding ortho intramolecular Hbond substituents is 1. The molecule has 0 amide bonds. The van der Waals surface area contributed by atoms with Gasteiger partial charge in [0.25, 0.3) is 5.56 Å². The van der Waals surface area contributed by atoms with E-state index in [1.165, 1.54) is 23.7 Å². The largest absolute Gasteiger partial charge is 0.506 e. The molecule has 0 radical (unpaired) electrons. The number of halogens is 1. The summed E-state index contributed by atoms with van der Waals surface area (Å²) in [4.78, 5) is 11.5. The Morgan fingerprint density at radius 1 is 1.12 bits per heavy atom. The van der Waals surface area contributed by atoms with Crippen molar-refractivity contribution in [3.05, 3.63) is 70.5 Å². The summed E-state index contributed by atoms with van der Waals surface area (Å²) in [6, 6.07) is 17.0. The second-order valence-electron chi connectivity index (χ2n) is 5.51. The number of hydrogen-bond donors (Lipinski definition) is 2. The highest BCUT2D eigenvalue weighted by Crippen LogP contribution is 2.22. The predicted molar refractivity (Wildman–Crippen MR) is 101 cm³/mol. The Morgan fingerprint density at radius 2 is 1.92 bits per heavy atom. The number of para-hydroxylation sites is 1. The fraction of sp³-hybridized carbons (Fsp3) is 0.211. The lowest BCUT2D eigenvalue weighted by molar-refractivity contribution is 0.477. The average molecular weight is 345 g/mol. The maximum absolute atomic E-state index is 11.5. The van der Waals surface area contributed by atoms with Crippen LogP contribution in [0.5, 0.6) is 5.75 Å². The molecule has 1 aliphatic heterocycles. The van der Waals surface area contributed by atoms with Crippen LogP contribution < -0.4 is 10.9 Å². The van der Waals surface area contributed by atoms with Crippen molar-refractivity contribution in [2.75, 3.05) is 11.9 Å². The van der Waals surface area contributed by atoms with Gasteiger partial charge in [-0.05, 0) is 43.2 Å². The van der Waals surface area contributed by atoms with Gasteiger partial charge in [0.2, 0.25) is 0 Å². The summed E-state index contributed by atoms with van der Waals surface area (Å²) in [5.74, 6) is 0.155. The van der Waals surface area contributed by atoms with Crippen LogP contribution in [0.25, 0.3) is 10.9 Å². The number of aromatic hydroxyl groups is 1. The van der Waals surface area contributed by atoms with E-state index in [1.54, 1.807) is 22.8 Å². The fourth-order valence-corrected chi connectivity index (χ4v) is 2.84. The average Bonchev–Trinajstić information content (AvgIpc) is 2.56. The standard InChI is InChI=1S/C11H11NO2.C8H9N.ClH/c1-2-12-10(14)7-6-8-4-3-5-9(13)11(8)12;1-2-7-4-5-9-8(3-1)6-7;/h3-7,13H,2H2,1H3;1-3,6,9H,4-5H2;1H. The Labute approximate surface area is 147 Å². The van der Waals surface area contributed by atoms with Crippen LogP contribution >= 0.6 is 12.4 Å². The molecule has 2 N–H and O–H groups in total. The first-order chi connectivity index (χ1) is 11.2. The van der Waals surface area contributed by atoms with E-state index < -0.39 is 0 Å². The van der Waals surface area contributed by atoms with Gasteiger partial charge in [0.05, 0.1) is 5.52 Å². The van der Waals surface area contributed by atoms with E-state index in [2.05, 4.69) is 29.6 Å². The number of nitrogens with one attached hydrogen (secondary N) is 1. The maximum atomic E-state index is 11.5. The van der Waals surface area contributed by atoms with Crippen LogP contribution in [0.15, 0.2) is 59.4 Å². The van der Waals surface area contributed by atoms with Crippen molar-refractivity contribution in [3.63, 3.8) is 0 Å². The first-order valence-corrected chi connectivity index (χ1v) is 7.83. The molecule has 24 heavy (non-hydrogen) atoms. The van der Waals surface area contributed by atoms with Gasteiger partial charge >= 0.3 is 0 Å². The van der Waals surface area contributed by atoms with Crippen LogP contribution in [0, 0.1) is 0 Å². The van der Waals surface area contributed by atoms with Gasteiger partial charge in [-0.15, -0.1) is 12.4 Å². The van der Waals surface area contributed by atoms with Crippen LogP contribution in [0.2, 0.25) is 0 Å². The van der Waals surface area contributed by atoms with Crippen LogP contribution in [0.1, 0.15) is 12.5 Å². The molecule has 2 bridgehead atoms.